The van der Waals surface area contributed by atoms with Crippen LogP contribution in [0, 0.1) is 0 Å². The molecule has 0 fully saturated rings. The highest BCUT2D eigenvalue weighted by Gasteiger charge is 2.24. The fraction of sp³-hybridized carbons (Fsp3) is 0.278. The van der Waals surface area contributed by atoms with Crippen LogP contribution in [0.25, 0.3) is 11.4 Å². The van der Waals surface area contributed by atoms with Crippen LogP contribution in [0.5, 0.6) is 0 Å². The molecule has 6 heteroatoms. The predicted molar refractivity (Wildman–Crippen MR) is 91.8 cm³/mol. The van der Waals surface area contributed by atoms with Crippen molar-refractivity contribution in [3.63, 3.8) is 0 Å². The molecule has 122 valence electrons. The van der Waals surface area contributed by atoms with E-state index < -0.39 is 0 Å². The average molecular weight is 321 g/mol. The van der Waals surface area contributed by atoms with E-state index in [1.54, 1.807) is 12.4 Å². The van der Waals surface area contributed by atoms with Gasteiger partial charge in [-0.05, 0) is 19.3 Å². The number of aromatic amines is 1. The fourth-order valence-electron chi connectivity index (χ4n) is 3.22. The Morgan fingerprint density at radius 3 is 2.83 bits per heavy atom. The number of fused-ring (bicyclic) bond motifs is 1. The Morgan fingerprint density at radius 2 is 2.04 bits per heavy atom. The predicted octanol–water partition coefficient (Wildman–Crippen LogP) is 3.25. The monoisotopic (exact) mass is 321 g/mol. The van der Waals surface area contributed by atoms with Crippen molar-refractivity contribution in [2.45, 2.75) is 32.2 Å². The number of nitrogens with one attached hydrogen (secondary N) is 2. The Balaban J connectivity index is 1.76. The third-order valence-corrected chi connectivity index (χ3v) is 4.37. The van der Waals surface area contributed by atoms with Gasteiger partial charge in [-0.2, -0.15) is 5.10 Å². The van der Waals surface area contributed by atoms with Crippen LogP contribution in [-0.4, -0.2) is 25.7 Å². The first-order chi connectivity index (χ1) is 11.8. The zero-order valence-electron chi connectivity index (χ0n) is 13.3. The average Bonchev–Trinajstić information content (AvgIpc) is 3.17. The second-order valence-corrected chi connectivity index (χ2v) is 6.00. The van der Waals surface area contributed by atoms with Crippen LogP contribution >= 0.6 is 0 Å². The highest BCUT2D eigenvalue weighted by Crippen LogP contribution is 2.27. The summed E-state index contributed by atoms with van der Waals surface area (Å²) in [7, 11) is 0. The van der Waals surface area contributed by atoms with Crippen molar-refractivity contribution in [3.05, 3.63) is 54.1 Å². The van der Waals surface area contributed by atoms with Crippen LogP contribution in [0.15, 0.2) is 42.7 Å². The molecule has 6 nitrogen and oxygen atoms in total. The molecule has 0 aliphatic carbocycles. The summed E-state index contributed by atoms with van der Waals surface area (Å²) in [4.78, 5) is 17.4. The van der Waals surface area contributed by atoms with Gasteiger partial charge in [-0.3, -0.25) is 9.89 Å². The zero-order chi connectivity index (χ0) is 16.4. The molecule has 1 aromatic carbocycles. The third kappa shape index (κ3) is 2.71. The number of aromatic nitrogens is 4. The Bertz CT molecular complexity index is 836. The highest BCUT2D eigenvalue weighted by atomic mass is 16.1. The molecule has 0 atom stereocenters. The van der Waals surface area contributed by atoms with Gasteiger partial charge in [-0.1, -0.05) is 36.8 Å². The van der Waals surface area contributed by atoms with Crippen molar-refractivity contribution in [1.29, 1.82) is 0 Å². The largest absolute Gasteiger partial charge is 0.327 e. The number of hydrogen-bond donors (Lipinski definition) is 2. The Hall–Kier alpha value is -2.89. The van der Waals surface area contributed by atoms with Crippen LogP contribution in [0.1, 0.15) is 35.4 Å². The molecule has 2 aromatic heterocycles. The molecule has 1 aliphatic heterocycles. The molecule has 1 amide bonds. The zero-order valence-corrected chi connectivity index (χ0v) is 13.3. The molecule has 0 saturated heterocycles. The first kappa shape index (κ1) is 14.7. The molecule has 1 aliphatic rings. The van der Waals surface area contributed by atoms with Crippen LogP contribution < -0.4 is 5.32 Å². The molecule has 2 N–H and O–H groups in total. The molecule has 0 radical (unpaired) electrons. The van der Waals surface area contributed by atoms with E-state index in [9.17, 15) is 4.79 Å². The quantitative estimate of drug-likeness (QED) is 0.777. The second kappa shape index (κ2) is 6.31. The van der Waals surface area contributed by atoms with E-state index in [0.717, 1.165) is 42.9 Å². The summed E-state index contributed by atoms with van der Waals surface area (Å²) in [5, 5.41) is 9.42. The molecule has 3 heterocycles. The SMILES string of the molecule is O=C(Nc1cn[nH]c1)c1nc(-c2ccccc2)n2c1CCCCC2. The maximum absolute atomic E-state index is 12.7. The van der Waals surface area contributed by atoms with Crippen LogP contribution in [0.2, 0.25) is 0 Å². The summed E-state index contributed by atoms with van der Waals surface area (Å²) in [6.07, 6.45) is 7.51. The van der Waals surface area contributed by atoms with E-state index in [2.05, 4.69) is 20.1 Å². The Morgan fingerprint density at radius 1 is 1.17 bits per heavy atom. The molecule has 24 heavy (non-hydrogen) atoms. The summed E-state index contributed by atoms with van der Waals surface area (Å²) in [6.45, 7) is 0.908. The number of benzene rings is 1. The van der Waals surface area contributed by atoms with E-state index in [4.69, 9.17) is 4.98 Å². The van der Waals surface area contributed by atoms with Gasteiger partial charge in [-0.25, -0.2) is 4.98 Å². The first-order valence-corrected chi connectivity index (χ1v) is 8.28. The molecular formula is C18H19N5O. The number of H-pyrrole nitrogens is 1. The van der Waals surface area contributed by atoms with Crippen molar-refractivity contribution in [1.82, 2.24) is 19.7 Å². The molecule has 4 rings (SSSR count). The Kier molecular flexibility index (Phi) is 3.86. The van der Waals surface area contributed by atoms with Crippen molar-refractivity contribution in [2.75, 3.05) is 5.32 Å². The van der Waals surface area contributed by atoms with E-state index >= 15 is 0 Å². The van der Waals surface area contributed by atoms with Gasteiger partial charge in [0.15, 0.2) is 0 Å². The summed E-state index contributed by atoms with van der Waals surface area (Å²) < 4.78 is 2.21. The van der Waals surface area contributed by atoms with Gasteiger partial charge in [0.05, 0.1) is 17.6 Å². The first-order valence-electron chi connectivity index (χ1n) is 8.28. The fourth-order valence-corrected chi connectivity index (χ4v) is 3.22. The molecule has 3 aromatic rings. The highest BCUT2D eigenvalue weighted by molar-refractivity contribution is 6.04. The van der Waals surface area contributed by atoms with E-state index in [0.29, 0.717) is 11.4 Å². The Labute approximate surface area is 139 Å². The van der Waals surface area contributed by atoms with Gasteiger partial charge in [0.25, 0.3) is 5.91 Å². The number of carbonyl (C=O) groups is 1. The summed E-state index contributed by atoms with van der Waals surface area (Å²) in [5.41, 5.74) is 3.25. The maximum Gasteiger partial charge on any atom is 0.276 e. The van der Waals surface area contributed by atoms with Gasteiger partial charge in [0, 0.05) is 18.3 Å². The van der Waals surface area contributed by atoms with E-state index in [1.807, 2.05) is 30.3 Å². The number of hydrogen-bond acceptors (Lipinski definition) is 3. The number of carbonyl (C=O) groups excluding carboxylic acids is 1. The van der Waals surface area contributed by atoms with E-state index in [1.165, 1.54) is 6.42 Å². The minimum atomic E-state index is -0.177. The normalized spacial score (nSPS) is 14.0. The lowest BCUT2D eigenvalue weighted by Gasteiger charge is -2.08. The van der Waals surface area contributed by atoms with Crippen molar-refractivity contribution in [2.24, 2.45) is 0 Å². The van der Waals surface area contributed by atoms with Crippen molar-refractivity contribution in [3.8, 4) is 11.4 Å². The third-order valence-electron chi connectivity index (χ3n) is 4.37. The maximum atomic E-state index is 12.7. The van der Waals surface area contributed by atoms with Crippen LogP contribution in [0.3, 0.4) is 0 Å². The number of nitrogens with zero attached hydrogens (tertiary/aromatic N) is 3. The number of rotatable bonds is 3. The molecule has 0 unspecified atom stereocenters. The molecule has 0 saturated carbocycles. The van der Waals surface area contributed by atoms with Crippen molar-refractivity contribution >= 4 is 11.6 Å². The summed E-state index contributed by atoms with van der Waals surface area (Å²) in [6, 6.07) is 10.1. The number of anilines is 1. The van der Waals surface area contributed by atoms with Crippen LogP contribution in [-0.2, 0) is 13.0 Å². The topological polar surface area (TPSA) is 75.6 Å². The lowest BCUT2D eigenvalue weighted by Crippen LogP contribution is -2.15. The second-order valence-electron chi connectivity index (χ2n) is 6.00. The lowest BCUT2D eigenvalue weighted by molar-refractivity contribution is 0.102. The number of amides is 1. The molecular weight excluding hydrogens is 302 g/mol. The van der Waals surface area contributed by atoms with Gasteiger partial charge in [-0.15, -0.1) is 0 Å². The molecule has 0 spiro atoms. The number of imidazole rings is 1. The van der Waals surface area contributed by atoms with Crippen molar-refractivity contribution < 1.29 is 4.79 Å². The minimum Gasteiger partial charge on any atom is -0.327 e. The summed E-state index contributed by atoms with van der Waals surface area (Å²) in [5.74, 6) is 0.703. The van der Waals surface area contributed by atoms with Crippen LogP contribution in [0.4, 0.5) is 5.69 Å². The molecule has 0 bridgehead atoms. The smallest absolute Gasteiger partial charge is 0.276 e. The van der Waals surface area contributed by atoms with Gasteiger partial charge in [0.1, 0.15) is 11.5 Å². The van der Waals surface area contributed by atoms with Gasteiger partial charge < -0.3 is 9.88 Å². The minimum absolute atomic E-state index is 0.177. The standard InChI is InChI=1S/C18H19N5O/c24-18(21-14-11-19-20-12-14)16-15-9-5-2-6-10-23(15)17(22-16)13-7-3-1-4-8-13/h1,3-4,7-8,11-12H,2,5-6,9-10H2,(H,19,20)(H,21,24). The van der Waals surface area contributed by atoms with Gasteiger partial charge >= 0.3 is 0 Å². The summed E-state index contributed by atoms with van der Waals surface area (Å²) >= 11 is 0. The van der Waals surface area contributed by atoms with E-state index in [-0.39, 0.29) is 5.91 Å². The van der Waals surface area contributed by atoms with Gasteiger partial charge in [0.2, 0.25) is 0 Å². The lowest BCUT2D eigenvalue weighted by atomic mass is 10.1.